The number of halogens is 4. The third kappa shape index (κ3) is 3.56. The first-order chi connectivity index (χ1) is 11.8. The largest absolute Gasteiger partial charge is 0.475 e. The van der Waals surface area contributed by atoms with Crippen molar-refractivity contribution in [3.8, 4) is 5.88 Å². The standard InChI is InChI=1S/C17H14ClF3N2O2/c1-9-5-6-22-16-14(9)12(8-25-16)23-13(24)7-10-3-2-4-11(15(10)18)17(19,20)21/h2-6,12H,7-8H2,1H3,(H,23,24). The fraction of sp³-hybridized carbons (Fsp3) is 0.294. The van der Waals surface area contributed by atoms with Gasteiger partial charge in [-0.05, 0) is 30.2 Å². The Morgan fingerprint density at radius 3 is 2.88 bits per heavy atom. The molecule has 0 fully saturated rings. The van der Waals surface area contributed by atoms with Crippen molar-refractivity contribution in [2.75, 3.05) is 6.61 Å². The van der Waals surface area contributed by atoms with Gasteiger partial charge in [0.2, 0.25) is 11.8 Å². The van der Waals surface area contributed by atoms with Crippen LogP contribution < -0.4 is 10.1 Å². The van der Waals surface area contributed by atoms with E-state index in [4.69, 9.17) is 16.3 Å². The molecule has 1 aromatic heterocycles. The first-order valence-electron chi connectivity index (χ1n) is 7.49. The number of aryl methyl sites for hydroxylation is 1. The number of hydrogen-bond acceptors (Lipinski definition) is 3. The molecule has 0 spiro atoms. The van der Waals surface area contributed by atoms with E-state index in [2.05, 4.69) is 10.3 Å². The average Bonchev–Trinajstić information content (AvgIpc) is 2.92. The van der Waals surface area contributed by atoms with Crippen LogP contribution in [0.15, 0.2) is 30.5 Å². The maximum absolute atomic E-state index is 12.9. The van der Waals surface area contributed by atoms with Gasteiger partial charge < -0.3 is 10.1 Å². The minimum atomic E-state index is -4.56. The fourth-order valence-corrected chi connectivity index (χ4v) is 3.10. The summed E-state index contributed by atoms with van der Waals surface area (Å²) >= 11 is 5.83. The number of rotatable bonds is 3. The van der Waals surface area contributed by atoms with E-state index >= 15 is 0 Å². The summed E-state index contributed by atoms with van der Waals surface area (Å²) < 4.78 is 44.1. The van der Waals surface area contributed by atoms with Crippen molar-refractivity contribution < 1.29 is 22.7 Å². The second-order valence-electron chi connectivity index (χ2n) is 5.73. The molecule has 132 valence electrons. The second-order valence-corrected chi connectivity index (χ2v) is 6.11. The Morgan fingerprint density at radius 2 is 2.16 bits per heavy atom. The number of hydrogen-bond donors (Lipinski definition) is 1. The van der Waals surface area contributed by atoms with Crippen LogP contribution in [0.3, 0.4) is 0 Å². The van der Waals surface area contributed by atoms with Crippen molar-refractivity contribution in [1.29, 1.82) is 0 Å². The molecular formula is C17H14ClF3N2O2. The van der Waals surface area contributed by atoms with E-state index in [9.17, 15) is 18.0 Å². The van der Waals surface area contributed by atoms with Gasteiger partial charge in [-0.2, -0.15) is 13.2 Å². The van der Waals surface area contributed by atoms with Gasteiger partial charge in [-0.1, -0.05) is 23.7 Å². The highest BCUT2D eigenvalue weighted by atomic mass is 35.5. The number of aromatic nitrogens is 1. The smallest absolute Gasteiger partial charge is 0.417 e. The van der Waals surface area contributed by atoms with Crippen LogP contribution in [0.5, 0.6) is 5.88 Å². The number of pyridine rings is 1. The normalized spacial score (nSPS) is 16.3. The molecule has 3 rings (SSSR count). The number of carbonyl (C=O) groups is 1. The lowest BCUT2D eigenvalue weighted by Gasteiger charge is -2.15. The Hall–Kier alpha value is -2.28. The van der Waals surface area contributed by atoms with E-state index in [-0.39, 0.29) is 24.6 Å². The molecule has 1 unspecified atom stereocenters. The van der Waals surface area contributed by atoms with Gasteiger partial charge in [-0.25, -0.2) is 4.98 Å². The van der Waals surface area contributed by atoms with Gasteiger partial charge in [0.15, 0.2) is 0 Å². The van der Waals surface area contributed by atoms with Crippen molar-refractivity contribution in [2.45, 2.75) is 25.6 Å². The fourth-order valence-electron chi connectivity index (χ4n) is 2.80. The lowest BCUT2D eigenvalue weighted by molar-refractivity contribution is -0.137. The predicted octanol–water partition coefficient (Wildman–Crippen LogP) is 3.85. The Labute approximate surface area is 147 Å². The Bertz CT molecular complexity index is 824. The molecule has 0 saturated carbocycles. The molecule has 1 aliphatic rings. The number of alkyl halides is 3. The molecule has 1 N–H and O–H groups in total. The first kappa shape index (κ1) is 17.5. The van der Waals surface area contributed by atoms with Gasteiger partial charge in [0.1, 0.15) is 6.61 Å². The molecule has 1 aliphatic heterocycles. The molecule has 1 amide bonds. The quantitative estimate of drug-likeness (QED) is 0.892. The SMILES string of the molecule is Cc1ccnc2c1C(NC(=O)Cc1cccc(C(F)(F)F)c1Cl)CO2. The van der Waals surface area contributed by atoms with Crippen LogP contribution >= 0.6 is 11.6 Å². The number of fused-ring (bicyclic) bond motifs is 1. The molecule has 25 heavy (non-hydrogen) atoms. The number of amides is 1. The molecule has 0 radical (unpaired) electrons. The summed E-state index contributed by atoms with van der Waals surface area (Å²) in [5.74, 6) is 0.0216. The van der Waals surface area contributed by atoms with Crippen molar-refractivity contribution in [2.24, 2.45) is 0 Å². The molecule has 2 aromatic rings. The molecular weight excluding hydrogens is 357 g/mol. The van der Waals surface area contributed by atoms with Crippen molar-refractivity contribution in [1.82, 2.24) is 10.3 Å². The predicted molar refractivity (Wildman–Crippen MR) is 85.5 cm³/mol. The van der Waals surface area contributed by atoms with Gasteiger partial charge in [0.25, 0.3) is 0 Å². The number of nitrogens with one attached hydrogen (secondary N) is 1. The summed E-state index contributed by atoms with van der Waals surface area (Å²) in [4.78, 5) is 16.4. The van der Waals surface area contributed by atoms with E-state index in [1.165, 1.54) is 12.1 Å². The van der Waals surface area contributed by atoms with Crippen LogP contribution in [0.1, 0.15) is 28.3 Å². The molecule has 1 aromatic carbocycles. The topological polar surface area (TPSA) is 51.2 Å². The lowest BCUT2D eigenvalue weighted by atomic mass is 10.0. The third-order valence-corrected chi connectivity index (χ3v) is 4.42. The van der Waals surface area contributed by atoms with Crippen LogP contribution in [0.4, 0.5) is 13.2 Å². The van der Waals surface area contributed by atoms with Crippen LogP contribution in [-0.4, -0.2) is 17.5 Å². The van der Waals surface area contributed by atoms with Gasteiger partial charge in [-0.15, -0.1) is 0 Å². The van der Waals surface area contributed by atoms with E-state index in [0.29, 0.717) is 5.88 Å². The number of carbonyl (C=O) groups excluding carboxylic acids is 1. The van der Waals surface area contributed by atoms with Crippen LogP contribution in [0, 0.1) is 6.92 Å². The van der Waals surface area contributed by atoms with Crippen LogP contribution in [0.25, 0.3) is 0 Å². The molecule has 0 saturated heterocycles. The minimum absolute atomic E-state index is 0.121. The zero-order chi connectivity index (χ0) is 18.2. The minimum Gasteiger partial charge on any atom is -0.475 e. The summed E-state index contributed by atoms with van der Waals surface area (Å²) in [5.41, 5.74) is 0.876. The number of benzene rings is 1. The average molecular weight is 371 g/mol. The van der Waals surface area contributed by atoms with E-state index < -0.39 is 22.7 Å². The van der Waals surface area contributed by atoms with E-state index in [0.717, 1.165) is 17.2 Å². The summed E-state index contributed by atoms with van der Waals surface area (Å²) in [6.07, 6.45) is -3.21. The molecule has 1 atom stereocenters. The van der Waals surface area contributed by atoms with E-state index in [1.54, 1.807) is 12.3 Å². The van der Waals surface area contributed by atoms with Gasteiger partial charge in [0, 0.05) is 11.8 Å². The lowest BCUT2D eigenvalue weighted by Crippen LogP contribution is -2.31. The summed E-state index contributed by atoms with van der Waals surface area (Å²) in [5, 5.41) is 2.31. The summed E-state index contributed by atoms with van der Waals surface area (Å²) in [7, 11) is 0. The monoisotopic (exact) mass is 370 g/mol. The highest BCUT2D eigenvalue weighted by Gasteiger charge is 2.34. The van der Waals surface area contributed by atoms with Crippen LogP contribution in [-0.2, 0) is 17.4 Å². The number of ether oxygens (including phenoxy) is 1. The molecule has 0 bridgehead atoms. The van der Waals surface area contributed by atoms with Crippen molar-refractivity contribution in [3.05, 3.63) is 57.7 Å². The van der Waals surface area contributed by atoms with Crippen molar-refractivity contribution in [3.63, 3.8) is 0 Å². The summed E-state index contributed by atoms with van der Waals surface area (Å²) in [6.45, 7) is 2.10. The molecule has 2 heterocycles. The Kier molecular flexibility index (Phi) is 4.60. The van der Waals surface area contributed by atoms with Gasteiger partial charge in [-0.3, -0.25) is 4.79 Å². The second kappa shape index (κ2) is 6.55. The Morgan fingerprint density at radius 1 is 1.40 bits per heavy atom. The van der Waals surface area contributed by atoms with Gasteiger partial charge in [0.05, 0.1) is 23.0 Å². The van der Waals surface area contributed by atoms with Gasteiger partial charge >= 0.3 is 6.18 Å². The molecule has 0 aliphatic carbocycles. The van der Waals surface area contributed by atoms with E-state index in [1.807, 2.05) is 6.92 Å². The zero-order valence-corrected chi connectivity index (χ0v) is 13.9. The third-order valence-electron chi connectivity index (χ3n) is 3.98. The zero-order valence-electron chi connectivity index (χ0n) is 13.2. The van der Waals surface area contributed by atoms with Crippen molar-refractivity contribution >= 4 is 17.5 Å². The maximum atomic E-state index is 12.9. The highest BCUT2D eigenvalue weighted by molar-refractivity contribution is 6.32. The molecule has 8 heteroatoms. The summed E-state index contributed by atoms with van der Waals surface area (Å²) in [6, 6.07) is 4.94. The van der Waals surface area contributed by atoms with Crippen LogP contribution in [0.2, 0.25) is 5.02 Å². The maximum Gasteiger partial charge on any atom is 0.417 e. The first-order valence-corrected chi connectivity index (χ1v) is 7.87. The molecule has 4 nitrogen and oxygen atoms in total. The number of nitrogens with zero attached hydrogens (tertiary/aromatic N) is 1. The highest BCUT2D eigenvalue weighted by Crippen LogP contribution is 2.36. The Balaban J connectivity index is 1.75.